The van der Waals surface area contributed by atoms with E-state index in [-0.39, 0.29) is 10.6 Å². The van der Waals surface area contributed by atoms with Gasteiger partial charge in [-0.25, -0.2) is 4.39 Å². The summed E-state index contributed by atoms with van der Waals surface area (Å²) in [7, 11) is 0. The highest BCUT2D eigenvalue weighted by Gasteiger charge is 2.19. The van der Waals surface area contributed by atoms with Gasteiger partial charge >= 0.3 is 0 Å². The van der Waals surface area contributed by atoms with Crippen LogP contribution in [-0.4, -0.2) is 0 Å². The van der Waals surface area contributed by atoms with Crippen molar-refractivity contribution in [2.24, 2.45) is 0 Å². The number of aryl methyl sites for hydroxylation is 2. The number of halogens is 3. The van der Waals surface area contributed by atoms with E-state index in [1.165, 1.54) is 16.5 Å². The van der Waals surface area contributed by atoms with Crippen LogP contribution in [-0.2, 0) is 6.42 Å². The lowest BCUT2D eigenvalue weighted by Gasteiger charge is -2.14. The fraction of sp³-hybridized carbons (Fsp3) is 0.286. The molecule has 1 aromatic heterocycles. The van der Waals surface area contributed by atoms with E-state index in [1.807, 2.05) is 6.07 Å². The first-order valence-electron chi connectivity index (χ1n) is 5.70. The van der Waals surface area contributed by atoms with E-state index in [1.54, 1.807) is 18.3 Å². The first kappa shape index (κ1) is 14.0. The molecule has 1 aromatic carbocycles. The minimum Gasteiger partial charge on any atom is -0.207 e. The molecule has 4 heteroatoms. The van der Waals surface area contributed by atoms with E-state index in [9.17, 15) is 4.39 Å². The van der Waals surface area contributed by atoms with Crippen molar-refractivity contribution in [2.45, 2.75) is 25.1 Å². The van der Waals surface area contributed by atoms with E-state index >= 15 is 0 Å². The Balaban J connectivity index is 2.46. The Bertz CT molecular complexity index is 565. The van der Waals surface area contributed by atoms with Crippen molar-refractivity contribution in [1.29, 1.82) is 0 Å². The largest absolute Gasteiger partial charge is 0.207 e. The summed E-state index contributed by atoms with van der Waals surface area (Å²) < 4.78 is 13.4. The summed E-state index contributed by atoms with van der Waals surface area (Å²) in [5.74, 6) is -0.259. The molecule has 0 amide bonds. The van der Waals surface area contributed by atoms with E-state index in [0.29, 0.717) is 10.6 Å². The molecule has 2 rings (SSSR count). The molecule has 0 saturated carbocycles. The van der Waals surface area contributed by atoms with Gasteiger partial charge in [0.2, 0.25) is 0 Å². The zero-order valence-corrected chi connectivity index (χ0v) is 13.3. The Morgan fingerprint density at radius 1 is 1.44 bits per heavy atom. The molecule has 0 fully saturated rings. The highest BCUT2D eigenvalue weighted by molar-refractivity contribution is 9.09. The van der Waals surface area contributed by atoms with E-state index in [4.69, 9.17) is 11.6 Å². The van der Waals surface area contributed by atoms with E-state index < -0.39 is 0 Å². The second kappa shape index (κ2) is 5.72. The van der Waals surface area contributed by atoms with Gasteiger partial charge in [-0.1, -0.05) is 40.5 Å². The molecule has 18 heavy (non-hydrogen) atoms. The molecular formula is C14H13BrClFS. The fourth-order valence-corrected chi connectivity index (χ4v) is 4.25. The van der Waals surface area contributed by atoms with Crippen LogP contribution in [0.4, 0.5) is 4.39 Å². The zero-order valence-electron chi connectivity index (χ0n) is 10.1. The minimum atomic E-state index is -0.259. The van der Waals surface area contributed by atoms with Crippen molar-refractivity contribution < 1.29 is 4.39 Å². The van der Waals surface area contributed by atoms with Gasteiger partial charge in [0.1, 0.15) is 5.82 Å². The van der Waals surface area contributed by atoms with Gasteiger partial charge < -0.3 is 0 Å². The third-order valence-electron chi connectivity index (χ3n) is 2.94. The molecule has 1 atom stereocenters. The fourth-order valence-electron chi connectivity index (χ4n) is 1.88. The average molecular weight is 348 g/mol. The topological polar surface area (TPSA) is 0 Å². The Labute approximate surface area is 124 Å². The van der Waals surface area contributed by atoms with Crippen molar-refractivity contribution in [3.8, 4) is 0 Å². The maximum absolute atomic E-state index is 13.4. The number of thiophene rings is 1. The van der Waals surface area contributed by atoms with Crippen molar-refractivity contribution in [3.05, 3.63) is 56.0 Å². The summed E-state index contributed by atoms with van der Waals surface area (Å²) in [6, 6.07) is 5.33. The molecule has 0 nitrogen and oxygen atoms in total. The molecule has 2 aromatic rings. The number of hydrogen-bond donors (Lipinski definition) is 0. The molecule has 0 spiro atoms. The van der Waals surface area contributed by atoms with Crippen molar-refractivity contribution in [2.75, 3.05) is 0 Å². The highest BCUT2D eigenvalue weighted by Crippen LogP contribution is 2.40. The summed E-state index contributed by atoms with van der Waals surface area (Å²) >= 11 is 11.5. The second-order valence-corrected chi connectivity index (χ2v) is 6.42. The normalized spacial score (nSPS) is 12.7. The summed E-state index contributed by atoms with van der Waals surface area (Å²) in [6.07, 6.45) is 0.985. The zero-order chi connectivity index (χ0) is 13.3. The third kappa shape index (κ3) is 2.63. The molecule has 1 heterocycles. The van der Waals surface area contributed by atoms with Crippen LogP contribution >= 0.6 is 38.9 Å². The quantitative estimate of drug-likeness (QED) is 0.607. The molecule has 0 saturated heterocycles. The van der Waals surface area contributed by atoms with Gasteiger partial charge in [0.05, 0.1) is 4.83 Å². The molecule has 1 unspecified atom stereocenters. The Hall–Kier alpha value is -0.380. The lowest BCUT2D eigenvalue weighted by molar-refractivity contribution is 0.618. The summed E-state index contributed by atoms with van der Waals surface area (Å²) in [4.78, 5) is 1.27. The lowest BCUT2D eigenvalue weighted by Crippen LogP contribution is -1.97. The summed E-state index contributed by atoms with van der Waals surface area (Å²) in [6.45, 7) is 3.88. The van der Waals surface area contributed by atoms with Crippen LogP contribution in [0.5, 0.6) is 0 Å². The molecule has 0 aliphatic rings. The first-order valence-corrected chi connectivity index (χ1v) is 7.87. The molecule has 0 radical (unpaired) electrons. The van der Waals surface area contributed by atoms with Gasteiger partial charge in [-0.05, 0) is 47.5 Å². The van der Waals surface area contributed by atoms with Crippen LogP contribution in [0.15, 0.2) is 23.6 Å². The van der Waals surface area contributed by atoms with Crippen LogP contribution in [0.3, 0.4) is 0 Å². The average Bonchev–Trinajstić information content (AvgIpc) is 2.81. The number of alkyl halides is 1. The lowest BCUT2D eigenvalue weighted by atomic mass is 10.0. The number of rotatable bonds is 3. The molecule has 0 N–H and O–H groups in total. The van der Waals surface area contributed by atoms with Crippen LogP contribution in [0.25, 0.3) is 0 Å². The Kier molecular flexibility index (Phi) is 4.46. The van der Waals surface area contributed by atoms with Crippen molar-refractivity contribution in [3.63, 3.8) is 0 Å². The van der Waals surface area contributed by atoms with Gasteiger partial charge in [-0.2, -0.15) is 0 Å². The maximum atomic E-state index is 13.4. The van der Waals surface area contributed by atoms with Crippen LogP contribution in [0.2, 0.25) is 5.02 Å². The van der Waals surface area contributed by atoms with Gasteiger partial charge in [-0.3, -0.25) is 0 Å². The van der Waals surface area contributed by atoms with Crippen molar-refractivity contribution in [1.82, 2.24) is 0 Å². The highest BCUT2D eigenvalue weighted by atomic mass is 79.9. The van der Waals surface area contributed by atoms with Gasteiger partial charge in [-0.15, -0.1) is 11.3 Å². The van der Waals surface area contributed by atoms with Gasteiger partial charge in [0, 0.05) is 9.90 Å². The van der Waals surface area contributed by atoms with Crippen LogP contribution < -0.4 is 0 Å². The Morgan fingerprint density at radius 3 is 2.83 bits per heavy atom. The molecular weight excluding hydrogens is 335 g/mol. The SMILES string of the molecule is CCc1ccsc1C(Br)c1cc(C)c(F)cc1Cl. The first-order chi connectivity index (χ1) is 8.54. The number of benzene rings is 1. The molecule has 96 valence electrons. The van der Waals surface area contributed by atoms with Gasteiger partial charge in [0.25, 0.3) is 0 Å². The predicted octanol–water partition coefficient (Wildman–Crippen LogP) is 5.90. The van der Waals surface area contributed by atoms with Crippen molar-refractivity contribution >= 4 is 38.9 Å². The molecule has 0 aliphatic heterocycles. The second-order valence-electron chi connectivity index (χ2n) is 4.15. The predicted molar refractivity (Wildman–Crippen MR) is 80.6 cm³/mol. The summed E-state index contributed by atoms with van der Waals surface area (Å²) in [5.41, 5.74) is 2.85. The van der Waals surface area contributed by atoms with Crippen LogP contribution in [0.1, 0.15) is 33.3 Å². The molecule has 0 bridgehead atoms. The standard InChI is InChI=1S/C14H13BrClFS/c1-3-9-4-5-18-14(9)13(15)10-6-8(2)12(17)7-11(10)16/h4-7,13H,3H2,1-2H3. The maximum Gasteiger partial charge on any atom is 0.127 e. The van der Waals surface area contributed by atoms with Crippen LogP contribution in [0, 0.1) is 12.7 Å². The minimum absolute atomic E-state index is 0.0271. The molecule has 0 aliphatic carbocycles. The van der Waals surface area contributed by atoms with Gasteiger partial charge in [0.15, 0.2) is 0 Å². The number of hydrogen-bond acceptors (Lipinski definition) is 1. The smallest absolute Gasteiger partial charge is 0.127 e. The monoisotopic (exact) mass is 346 g/mol. The van der Waals surface area contributed by atoms with E-state index in [2.05, 4.69) is 34.3 Å². The third-order valence-corrected chi connectivity index (χ3v) is 5.55. The summed E-state index contributed by atoms with van der Waals surface area (Å²) in [5, 5.41) is 2.54. The van der Waals surface area contributed by atoms with E-state index in [0.717, 1.165) is 12.0 Å². The Morgan fingerprint density at radius 2 is 2.17 bits per heavy atom.